The maximum Gasteiger partial charge on any atom is 0.268 e. The number of benzene rings is 1. The molecule has 2 heterocycles. The first-order valence-corrected chi connectivity index (χ1v) is 7.96. The smallest absolute Gasteiger partial charge is 0.268 e. The van der Waals surface area contributed by atoms with E-state index in [1.54, 1.807) is 17.9 Å². The molecule has 2 aliphatic rings. The van der Waals surface area contributed by atoms with Crippen molar-refractivity contribution in [3.8, 4) is 5.75 Å². The molecule has 0 unspecified atom stereocenters. The Bertz CT molecular complexity index is 608. The number of hydrogen-bond donors (Lipinski definition) is 0. The zero-order valence-electron chi connectivity index (χ0n) is 13.7. The first kappa shape index (κ1) is 15.8. The Kier molecular flexibility index (Phi) is 4.26. The van der Waals surface area contributed by atoms with Gasteiger partial charge >= 0.3 is 0 Å². The number of nitrogens with zero attached hydrogens (tertiary/aromatic N) is 2. The second-order valence-electron chi connectivity index (χ2n) is 6.21. The Balaban J connectivity index is 1.78. The molecule has 23 heavy (non-hydrogen) atoms. The van der Waals surface area contributed by atoms with Gasteiger partial charge in [0.2, 0.25) is 5.91 Å². The van der Waals surface area contributed by atoms with E-state index in [9.17, 15) is 9.59 Å². The van der Waals surface area contributed by atoms with Crippen molar-refractivity contribution in [2.75, 3.05) is 24.5 Å². The van der Waals surface area contributed by atoms with Gasteiger partial charge in [0.25, 0.3) is 5.91 Å². The van der Waals surface area contributed by atoms with Gasteiger partial charge in [0, 0.05) is 13.1 Å². The molecule has 0 spiro atoms. The van der Waals surface area contributed by atoms with Crippen LogP contribution in [0.4, 0.5) is 5.69 Å². The molecule has 1 aromatic rings. The second kappa shape index (κ2) is 6.20. The summed E-state index contributed by atoms with van der Waals surface area (Å²) in [6.45, 7) is 6.75. The van der Waals surface area contributed by atoms with Gasteiger partial charge in [-0.2, -0.15) is 0 Å². The zero-order valence-corrected chi connectivity index (χ0v) is 13.7. The van der Waals surface area contributed by atoms with Crippen molar-refractivity contribution >= 4 is 17.5 Å². The van der Waals surface area contributed by atoms with E-state index in [4.69, 9.17) is 9.47 Å². The van der Waals surface area contributed by atoms with E-state index in [0.29, 0.717) is 24.5 Å². The minimum atomic E-state index is -0.583. The molecule has 0 N–H and O–H groups in total. The van der Waals surface area contributed by atoms with Crippen LogP contribution in [-0.4, -0.2) is 54.7 Å². The van der Waals surface area contributed by atoms with Crippen LogP contribution in [0.2, 0.25) is 0 Å². The van der Waals surface area contributed by atoms with E-state index < -0.39 is 6.10 Å². The van der Waals surface area contributed by atoms with Crippen molar-refractivity contribution in [1.29, 1.82) is 0 Å². The van der Waals surface area contributed by atoms with Crippen molar-refractivity contribution in [3.05, 3.63) is 24.3 Å². The third-order valence-corrected chi connectivity index (χ3v) is 4.14. The van der Waals surface area contributed by atoms with Gasteiger partial charge in [-0.15, -0.1) is 0 Å². The molecule has 6 heteroatoms. The van der Waals surface area contributed by atoms with E-state index in [0.717, 1.165) is 0 Å². The van der Waals surface area contributed by atoms with Crippen molar-refractivity contribution in [2.24, 2.45) is 0 Å². The highest BCUT2D eigenvalue weighted by molar-refractivity contribution is 6.03. The number of hydrogen-bond acceptors (Lipinski definition) is 4. The molecule has 1 aromatic carbocycles. The summed E-state index contributed by atoms with van der Waals surface area (Å²) in [5.41, 5.74) is 0.651. The molecule has 124 valence electrons. The van der Waals surface area contributed by atoms with Crippen LogP contribution in [0.1, 0.15) is 20.8 Å². The molecule has 0 aromatic heterocycles. The molecule has 0 radical (unpaired) electrons. The average molecular weight is 318 g/mol. The minimum Gasteiger partial charge on any atom is -0.479 e. The number of carbonyl (C=O) groups excluding carboxylic acids is 2. The third kappa shape index (κ3) is 3.17. The highest BCUT2D eigenvalue weighted by Crippen LogP contribution is 2.33. The molecule has 2 aliphatic heterocycles. The van der Waals surface area contributed by atoms with Gasteiger partial charge in [0.05, 0.1) is 17.9 Å². The topological polar surface area (TPSA) is 59.1 Å². The summed E-state index contributed by atoms with van der Waals surface area (Å²) in [7, 11) is 0. The first-order chi connectivity index (χ1) is 11.0. The predicted octanol–water partition coefficient (Wildman–Crippen LogP) is 1.44. The number of fused-ring (bicyclic) bond motifs is 1. The number of para-hydroxylation sites is 2. The number of rotatable bonds is 2. The molecule has 1 fully saturated rings. The lowest BCUT2D eigenvalue weighted by Crippen LogP contribution is -2.54. The summed E-state index contributed by atoms with van der Waals surface area (Å²) in [5, 5.41) is 0. The minimum absolute atomic E-state index is 0.00861. The molecule has 3 atom stereocenters. The summed E-state index contributed by atoms with van der Waals surface area (Å²) >= 11 is 0. The van der Waals surface area contributed by atoms with E-state index in [-0.39, 0.29) is 30.6 Å². The van der Waals surface area contributed by atoms with Gasteiger partial charge in [-0.3, -0.25) is 14.5 Å². The zero-order chi connectivity index (χ0) is 16.6. The summed E-state index contributed by atoms with van der Waals surface area (Å²) in [6, 6.07) is 7.31. The van der Waals surface area contributed by atoms with Gasteiger partial charge in [0.15, 0.2) is 6.10 Å². The van der Waals surface area contributed by atoms with Gasteiger partial charge in [-0.05, 0) is 32.9 Å². The highest BCUT2D eigenvalue weighted by atomic mass is 16.5. The Morgan fingerprint density at radius 2 is 1.83 bits per heavy atom. The monoisotopic (exact) mass is 318 g/mol. The second-order valence-corrected chi connectivity index (χ2v) is 6.21. The lowest BCUT2D eigenvalue weighted by atomic mass is 10.1. The Morgan fingerprint density at radius 1 is 1.17 bits per heavy atom. The average Bonchev–Trinajstić information content (AvgIpc) is 2.50. The van der Waals surface area contributed by atoms with Crippen LogP contribution in [-0.2, 0) is 14.3 Å². The fourth-order valence-corrected chi connectivity index (χ4v) is 3.14. The van der Waals surface area contributed by atoms with Crippen LogP contribution in [0.15, 0.2) is 24.3 Å². The summed E-state index contributed by atoms with van der Waals surface area (Å²) in [6.07, 6.45) is -0.566. The van der Waals surface area contributed by atoms with Gasteiger partial charge in [-0.1, -0.05) is 12.1 Å². The summed E-state index contributed by atoms with van der Waals surface area (Å²) in [4.78, 5) is 28.4. The summed E-state index contributed by atoms with van der Waals surface area (Å²) < 4.78 is 11.3. The Hall–Kier alpha value is -2.08. The number of amides is 2. The van der Waals surface area contributed by atoms with Crippen LogP contribution >= 0.6 is 0 Å². The molecule has 1 saturated heterocycles. The van der Waals surface area contributed by atoms with Gasteiger partial charge in [0.1, 0.15) is 12.3 Å². The normalized spacial score (nSPS) is 27.4. The fourth-order valence-electron chi connectivity index (χ4n) is 3.14. The van der Waals surface area contributed by atoms with E-state index >= 15 is 0 Å². The molecule has 0 bridgehead atoms. The summed E-state index contributed by atoms with van der Waals surface area (Å²) in [5.74, 6) is 0.381. The lowest BCUT2D eigenvalue weighted by Gasteiger charge is -2.38. The Morgan fingerprint density at radius 3 is 2.52 bits per heavy atom. The number of ether oxygens (including phenoxy) is 2. The van der Waals surface area contributed by atoms with Crippen molar-refractivity contribution in [2.45, 2.75) is 39.1 Å². The van der Waals surface area contributed by atoms with E-state index in [2.05, 4.69) is 0 Å². The van der Waals surface area contributed by atoms with Crippen molar-refractivity contribution in [3.63, 3.8) is 0 Å². The van der Waals surface area contributed by atoms with Gasteiger partial charge in [-0.25, -0.2) is 0 Å². The van der Waals surface area contributed by atoms with Gasteiger partial charge < -0.3 is 14.4 Å². The lowest BCUT2D eigenvalue weighted by molar-refractivity contribution is -0.143. The number of carbonyl (C=O) groups is 2. The van der Waals surface area contributed by atoms with Crippen LogP contribution in [0.25, 0.3) is 0 Å². The van der Waals surface area contributed by atoms with Crippen LogP contribution < -0.4 is 9.64 Å². The fraction of sp³-hybridized carbons (Fsp3) is 0.529. The number of morpholine rings is 1. The van der Waals surface area contributed by atoms with Crippen LogP contribution in [0.5, 0.6) is 5.75 Å². The molecule has 0 saturated carbocycles. The van der Waals surface area contributed by atoms with Crippen LogP contribution in [0, 0.1) is 0 Å². The maximum atomic E-state index is 12.7. The largest absolute Gasteiger partial charge is 0.479 e. The molecule has 6 nitrogen and oxygen atoms in total. The Labute approximate surface area is 136 Å². The molecular formula is C17H22N2O4. The molecule has 0 aliphatic carbocycles. The third-order valence-electron chi connectivity index (χ3n) is 4.14. The molecule has 2 amide bonds. The molecule has 3 rings (SSSR count). The van der Waals surface area contributed by atoms with Crippen LogP contribution in [0.3, 0.4) is 0 Å². The van der Waals surface area contributed by atoms with E-state index in [1.807, 2.05) is 32.0 Å². The van der Waals surface area contributed by atoms with Crippen molar-refractivity contribution in [1.82, 2.24) is 4.90 Å². The quantitative estimate of drug-likeness (QED) is 0.828. The SMILES string of the molecule is C[C@@H]1CN(C(=O)CN2C(=O)[C@@H](C)Oc3ccccc32)C[C@@H](C)O1. The number of anilines is 1. The van der Waals surface area contributed by atoms with E-state index in [1.165, 1.54) is 4.90 Å². The maximum absolute atomic E-state index is 12.7. The standard InChI is InChI=1S/C17H22N2O4/c1-11-8-18(9-12(2)22-11)16(20)10-19-14-6-4-5-7-15(14)23-13(3)17(19)21/h4-7,11-13H,8-10H2,1-3H3/t11-,12-,13-/m1/s1. The first-order valence-electron chi connectivity index (χ1n) is 7.96. The van der Waals surface area contributed by atoms with Crippen molar-refractivity contribution < 1.29 is 19.1 Å². The predicted molar refractivity (Wildman–Crippen MR) is 85.5 cm³/mol. The molecular weight excluding hydrogens is 296 g/mol. The highest BCUT2D eigenvalue weighted by Gasteiger charge is 2.34.